The number of aromatic amines is 1. The van der Waals surface area contributed by atoms with Crippen LogP contribution in [-0.4, -0.2) is 31.8 Å². The van der Waals surface area contributed by atoms with Crippen LogP contribution in [0.2, 0.25) is 0 Å². The quantitative estimate of drug-likeness (QED) is 0.511. The highest BCUT2D eigenvalue weighted by molar-refractivity contribution is 5.84. The Hall–Kier alpha value is -3.48. The molecule has 0 aliphatic heterocycles. The average molecular weight is 361 g/mol. The standard InChI is InChI=1S/C20H19N5O2/c26-20-12-11-16-17(21-20)8-4-9-18(16)27-13-5-10-19-22-23-24-25(19)14-15-6-2-1-3-7-15/h1-4,6-9,11-12H,5,10,13-14H2,(H,21,26). The summed E-state index contributed by atoms with van der Waals surface area (Å²) in [5.41, 5.74) is 1.81. The Kier molecular flexibility index (Phi) is 4.91. The second kappa shape index (κ2) is 7.82. The van der Waals surface area contributed by atoms with E-state index in [1.54, 1.807) is 6.07 Å². The summed E-state index contributed by atoms with van der Waals surface area (Å²) in [4.78, 5) is 14.2. The van der Waals surface area contributed by atoms with Gasteiger partial charge in [0.2, 0.25) is 5.56 Å². The molecule has 2 heterocycles. The smallest absolute Gasteiger partial charge is 0.248 e. The molecule has 0 bridgehead atoms. The maximum atomic E-state index is 11.4. The van der Waals surface area contributed by atoms with Gasteiger partial charge in [-0.1, -0.05) is 36.4 Å². The van der Waals surface area contributed by atoms with Crippen LogP contribution in [0.3, 0.4) is 0 Å². The lowest BCUT2D eigenvalue weighted by Crippen LogP contribution is -2.09. The van der Waals surface area contributed by atoms with Gasteiger partial charge in [0.1, 0.15) is 5.75 Å². The molecule has 0 unspecified atom stereocenters. The largest absolute Gasteiger partial charge is 0.493 e. The number of hydrogen-bond donors (Lipinski definition) is 1. The number of tetrazole rings is 1. The zero-order valence-corrected chi connectivity index (χ0v) is 14.7. The van der Waals surface area contributed by atoms with Crippen molar-refractivity contribution < 1.29 is 4.74 Å². The van der Waals surface area contributed by atoms with E-state index in [1.807, 2.05) is 41.1 Å². The molecule has 2 aromatic heterocycles. The van der Waals surface area contributed by atoms with E-state index in [4.69, 9.17) is 4.74 Å². The zero-order chi connectivity index (χ0) is 18.5. The number of nitrogens with one attached hydrogen (secondary N) is 1. The number of ether oxygens (including phenoxy) is 1. The van der Waals surface area contributed by atoms with E-state index in [1.165, 1.54) is 6.07 Å². The number of rotatable bonds is 7. The van der Waals surface area contributed by atoms with Crippen LogP contribution in [0.1, 0.15) is 17.8 Å². The molecular formula is C20H19N5O2. The Bertz CT molecular complexity index is 1090. The summed E-state index contributed by atoms with van der Waals surface area (Å²) in [6, 6.07) is 19.0. The number of hydrogen-bond acceptors (Lipinski definition) is 5. The van der Waals surface area contributed by atoms with Crippen molar-refractivity contribution in [3.63, 3.8) is 0 Å². The second-order valence-corrected chi connectivity index (χ2v) is 6.23. The summed E-state index contributed by atoms with van der Waals surface area (Å²) in [6.45, 7) is 1.19. The summed E-state index contributed by atoms with van der Waals surface area (Å²) in [6.07, 6.45) is 1.51. The molecule has 4 rings (SSSR count). The molecule has 0 radical (unpaired) electrons. The topological polar surface area (TPSA) is 85.7 Å². The number of H-pyrrole nitrogens is 1. The lowest BCUT2D eigenvalue weighted by Gasteiger charge is -2.09. The van der Waals surface area contributed by atoms with Crippen molar-refractivity contribution in [1.29, 1.82) is 0 Å². The maximum absolute atomic E-state index is 11.4. The summed E-state index contributed by atoms with van der Waals surface area (Å²) in [5.74, 6) is 1.59. The molecule has 0 atom stereocenters. The van der Waals surface area contributed by atoms with Crippen LogP contribution in [-0.2, 0) is 13.0 Å². The summed E-state index contributed by atoms with van der Waals surface area (Å²) in [7, 11) is 0. The number of fused-ring (bicyclic) bond motifs is 1. The van der Waals surface area contributed by atoms with E-state index >= 15 is 0 Å². The fourth-order valence-corrected chi connectivity index (χ4v) is 2.98. The van der Waals surface area contributed by atoms with Gasteiger partial charge in [0, 0.05) is 17.9 Å². The third-order valence-corrected chi connectivity index (χ3v) is 4.31. The van der Waals surface area contributed by atoms with Crippen molar-refractivity contribution in [2.75, 3.05) is 6.61 Å². The van der Waals surface area contributed by atoms with Gasteiger partial charge in [0.05, 0.1) is 18.7 Å². The highest BCUT2D eigenvalue weighted by atomic mass is 16.5. The van der Waals surface area contributed by atoms with Crippen molar-refractivity contribution in [2.24, 2.45) is 0 Å². The number of aryl methyl sites for hydroxylation is 1. The zero-order valence-electron chi connectivity index (χ0n) is 14.7. The Labute approximate surface area is 155 Å². The molecule has 0 fully saturated rings. The minimum atomic E-state index is -0.120. The van der Waals surface area contributed by atoms with Crippen LogP contribution in [0.25, 0.3) is 10.9 Å². The molecule has 27 heavy (non-hydrogen) atoms. The van der Waals surface area contributed by atoms with Crippen molar-refractivity contribution >= 4 is 10.9 Å². The van der Waals surface area contributed by atoms with E-state index < -0.39 is 0 Å². The van der Waals surface area contributed by atoms with Gasteiger partial charge in [-0.25, -0.2) is 4.68 Å². The Morgan fingerprint density at radius 3 is 2.78 bits per heavy atom. The first-order chi connectivity index (χ1) is 13.3. The molecule has 136 valence electrons. The first-order valence-electron chi connectivity index (χ1n) is 8.83. The monoisotopic (exact) mass is 361 g/mol. The number of pyridine rings is 1. The molecule has 0 saturated heterocycles. The van der Waals surface area contributed by atoms with Gasteiger partial charge in [0.25, 0.3) is 0 Å². The third kappa shape index (κ3) is 4.03. The highest BCUT2D eigenvalue weighted by Gasteiger charge is 2.07. The number of aromatic nitrogens is 5. The van der Waals surface area contributed by atoms with Gasteiger partial charge < -0.3 is 9.72 Å². The van der Waals surface area contributed by atoms with Crippen molar-refractivity contribution in [3.8, 4) is 5.75 Å². The van der Waals surface area contributed by atoms with E-state index in [2.05, 4.69) is 32.6 Å². The SMILES string of the molecule is O=c1ccc2c(OCCCc3nnnn3Cc3ccccc3)cccc2[nH]1. The first-order valence-corrected chi connectivity index (χ1v) is 8.83. The van der Waals surface area contributed by atoms with Crippen LogP contribution in [0.5, 0.6) is 5.75 Å². The molecule has 0 aliphatic carbocycles. The Balaban J connectivity index is 1.36. The molecule has 2 aromatic carbocycles. The van der Waals surface area contributed by atoms with Gasteiger partial charge >= 0.3 is 0 Å². The van der Waals surface area contributed by atoms with Gasteiger partial charge in [-0.15, -0.1) is 5.10 Å². The normalized spacial score (nSPS) is 11.0. The van der Waals surface area contributed by atoms with Gasteiger partial charge in [-0.3, -0.25) is 4.79 Å². The van der Waals surface area contributed by atoms with Gasteiger partial charge in [-0.05, 0) is 40.6 Å². The van der Waals surface area contributed by atoms with Crippen LogP contribution >= 0.6 is 0 Å². The minimum Gasteiger partial charge on any atom is -0.493 e. The van der Waals surface area contributed by atoms with E-state index in [0.717, 1.165) is 40.9 Å². The highest BCUT2D eigenvalue weighted by Crippen LogP contribution is 2.23. The number of benzene rings is 2. The first kappa shape index (κ1) is 17.0. The van der Waals surface area contributed by atoms with E-state index in [-0.39, 0.29) is 5.56 Å². The van der Waals surface area contributed by atoms with Crippen LogP contribution in [0.15, 0.2) is 65.5 Å². The molecule has 7 heteroatoms. The molecule has 1 N–H and O–H groups in total. The second-order valence-electron chi connectivity index (χ2n) is 6.23. The van der Waals surface area contributed by atoms with Crippen molar-refractivity contribution in [3.05, 3.63) is 82.4 Å². The maximum Gasteiger partial charge on any atom is 0.248 e. The predicted octanol–water partition coefficient (Wildman–Crippen LogP) is 2.57. The van der Waals surface area contributed by atoms with Crippen molar-refractivity contribution in [2.45, 2.75) is 19.4 Å². The summed E-state index contributed by atoms with van der Waals surface area (Å²) in [5, 5.41) is 12.9. The molecule has 0 amide bonds. The van der Waals surface area contributed by atoms with Crippen LogP contribution < -0.4 is 10.3 Å². The number of nitrogens with zero attached hydrogens (tertiary/aromatic N) is 4. The van der Waals surface area contributed by atoms with E-state index in [9.17, 15) is 4.79 Å². The summed E-state index contributed by atoms with van der Waals surface area (Å²) < 4.78 is 7.73. The summed E-state index contributed by atoms with van der Waals surface area (Å²) >= 11 is 0. The molecule has 0 spiro atoms. The van der Waals surface area contributed by atoms with Crippen LogP contribution in [0.4, 0.5) is 0 Å². The molecule has 7 nitrogen and oxygen atoms in total. The molecule has 4 aromatic rings. The fourth-order valence-electron chi connectivity index (χ4n) is 2.98. The lowest BCUT2D eigenvalue weighted by atomic mass is 10.2. The predicted molar refractivity (Wildman–Crippen MR) is 102 cm³/mol. The Morgan fingerprint density at radius 2 is 1.89 bits per heavy atom. The van der Waals surface area contributed by atoms with E-state index in [0.29, 0.717) is 13.2 Å². The fraction of sp³-hybridized carbons (Fsp3) is 0.200. The molecule has 0 saturated carbocycles. The lowest BCUT2D eigenvalue weighted by molar-refractivity contribution is 0.312. The Morgan fingerprint density at radius 1 is 1.00 bits per heavy atom. The van der Waals surface area contributed by atoms with Gasteiger partial charge in [-0.2, -0.15) is 0 Å². The van der Waals surface area contributed by atoms with Crippen LogP contribution in [0, 0.1) is 0 Å². The molecule has 0 aliphatic rings. The van der Waals surface area contributed by atoms with Crippen molar-refractivity contribution in [1.82, 2.24) is 25.2 Å². The third-order valence-electron chi connectivity index (χ3n) is 4.31. The van der Waals surface area contributed by atoms with Gasteiger partial charge in [0.15, 0.2) is 5.82 Å². The molecular weight excluding hydrogens is 342 g/mol. The minimum absolute atomic E-state index is 0.120. The average Bonchev–Trinajstić information content (AvgIpc) is 3.12.